The van der Waals surface area contributed by atoms with Crippen molar-refractivity contribution in [2.75, 3.05) is 0 Å². The van der Waals surface area contributed by atoms with E-state index in [1.165, 1.54) is 25.3 Å². The van der Waals surface area contributed by atoms with Crippen molar-refractivity contribution in [2.45, 2.75) is 38.3 Å². The number of phenolic OH excluding ortho intramolecular Hbond substituents is 2. The predicted octanol–water partition coefficient (Wildman–Crippen LogP) is 2.30. The Hall–Kier alpha value is -1.22. The Balaban J connectivity index is 2.06. The molecule has 1 aliphatic carbocycles. The molecule has 82 valence electrons. The highest BCUT2D eigenvalue weighted by molar-refractivity contribution is 5.40. The van der Waals surface area contributed by atoms with Crippen LogP contribution in [0.4, 0.5) is 0 Å². The van der Waals surface area contributed by atoms with Gasteiger partial charge in [0.1, 0.15) is 11.5 Å². The Labute approximate surface area is 89.8 Å². The van der Waals surface area contributed by atoms with E-state index < -0.39 is 0 Å². The Morgan fingerprint density at radius 2 is 2.07 bits per heavy atom. The van der Waals surface area contributed by atoms with Gasteiger partial charge in [-0.2, -0.15) is 0 Å². The zero-order valence-corrected chi connectivity index (χ0v) is 8.90. The molecular formula is C12H17NO2. The van der Waals surface area contributed by atoms with Crippen molar-refractivity contribution in [1.82, 2.24) is 5.32 Å². The van der Waals surface area contributed by atoms with E-state index in [0.29, 0.717) is 6.04 Å². The third kappa shape index (κ3) is 2.23. The summed E-state index contributed by atoms with van der Waals surface area (Å²) in [7, 11) is 0. The molecule has 15 heavy (non-hydrogen) atoms. The number of hydrogen-bond acceptors (Lipinski definition) is 3. The lowest BCUT2D eigenvalue weighted by Crippen LogP contribution is -2.36. The Bertz CT molecular complexity index is 347. The molecule has 0 amide bonds. The first-order valence-electron chi connectivity index (χ1n) is 5.45. The van der Waals surface area contributed by atoms with E-state index in [-0.39, 0.29) is 17.5 Å². The van der Waals surface area contributed by atoms with Crippen molar-refractivity contribution in [2.24, 2.45) is 0 Å². The molecule has 0 aromatic heterocycles. The van der Waals surface area contributed by atoms with Crippen LogP contribution in [-0.2, 0) is 0 Å². The Kier molecular flexibility index (Phi) is 2.82. The zero-order valence-electron chi connectivity index (χ0n) is 8.90. The maximum absolute atomic E-state index is 9.67. The second kappa shape index (κ2) is 4.11. The molecule has 1 saturated carbocycles. The largest absolute Gasteiger partial charge is 0.508 e. The summed E-state index contributed by atoms with van der Waals surface area (Å²) < 4.78 is 0. The van der Waals surface area contributed by atoms with Gasteiger partial charge in [-0.3, -0.25) is 0 Å². The molecule has 0 spiro atoms. The van der Waals surface area contributed by atoms with E-state index in [1.54, 1.807) is 12.1 Å². The molecule has 2 rings (SSSR count). The number of benzene rings is 1. The van der Waals surface area contributed by atoms with Crippen LogP contribution in [0.25, 0.3) is 0 Å². The van der Waals surface area contributed by atoms with Gasteiger partial charge in [0.25, 0.3) is 0 Å². The smallest absolute Gasteiger partial charge is 0.124 e. The van der Waals surface area contributed by atoms with Gasteiger partial charge < -0.3 is 15.5 Å². The summed E-state index contributed by atoms with van der Waals surface area (Å²) in [6.07, 6.45) is 3.75. The van der Waals surface area contributed by atoms with Crippen molar-refractivity contribution in [3.05, 3.63) is 23.8 Å². The standard InChI is InChI=1S/C12H17NO2/c1-8(13-9-3-2-4-9)11-6-5-10(14)7-12(11)15/h5-9,13-15H,2-4H2,1H3. The molecule has 0 aliphatic heterocycles. The summed E-state index contributed by atoms with van der Waals surface area (Å²) in [6, 6.07) is 5.48. The van der Waals surface area contributed by atoms with Gasteiger partial charge in [0.15, 0.2) is 0 Å². The van der Waals surface area contributed by atoms with Gasteiger partial charge in [0, 0.05) is 23.7 Å². The minimum Gasteiger partial charge on any atom is -0.508 e. The van der Waals surface area contributed by atoms with Crippen LogP contribution in [0.5, 0.6) is 11.5 Å². The summed E-state index contributed by atoms with van der Waals surface area (Å²) in [5, 5.41) is 22.3. The zero-order chi connectivity index (χ0) is 10.8. The minimum atomic E-state index is 0.104. The molecule has 0 radical (unpaired) electrons. The fraction of sp³-hybridized carbons (Fsp3) is 0.500. The van der Waals surface area contributed by atoms with E-state index in [0.717, 1.165) is 5.56 Å². The molecule has 0 bridgehead atoms. The van der Waals surface area contributed by atoms with Crippen LogP contribution < -0.4 is 5.32 Å². The molecule has 0 saturated heterocycles. The average Bonchev–Trinajstić information content (AvgIpc) is 2.11. The molecule has 1 atom stereocenters. The number of nitrogens with one attached hydrogen (secondary N) is 1. The average molecular weight is 207 g/mol. The van der Waals surface area contributed by atoms with Gasteiger partial charge in [-0.1, -0.05) is 12.5 Å². The maximum Gasteiger partial charge on any atom is 0.124 e. The summed E-state index contributed by atoms with van der Waals surface area (Å²) in [5.74, 6) is 0.265. The van der Waals surface area contributed by atoms with Crippen molar-refractivity contribution in [1.29, 1.82) is 0 Å². The normalized spacial score (nSPS) is 18.5. The van der Waals surface area contributed by atoms with E-state index in [4.69, 9.17) is 0 Å². The molecule has 1 aromatic carbocycles. The third-order valence-electron chi connectivity index (χ3n) is 3.07. The summed E-state index contributed by atoms with van der Waals surface area (Å²) in [5.41, 5.74) is 0.847. The predicted molar refractivity (Wildman–Crippen MR) is 59.0 cm³/mol. The van der Waals surface area contributed by atoms with Crippen LogP contribution in [-0.4, -0.2) is 16.3 Å². The van der Waals surface area contributed by atoms with Crippen molar-refractivity contribution in [3.63, 3.8) is 0 Å². The quantitative estimate of drug-likeness (QED) is 0.712. The Morgan fingerprint density at radius 3 is 2.60 bits per heavy atom. The summed E-state index contributed by atoms with van der Waals surface area (Å²) in [4.78, 5) is 0. The molecule has 3 nitrogen and oxygen atoms in total. The van der Waals surface area contributed by atoms with Crippen molar-refractivity contribution in [3.8, 4) is 11.5 Å². The van der Waals surface area contributed by atoms with Crippen LogP contribution in [0, 0.1) is 0 Å². The Morgan fingerprint density at radius 1 is 1.33 bits per heavy atom. The first-order valence-corrected chi connectivity index (χ1v) is 5.45. The van der Waals surface area contributed by atoms with Crippen LogP contribution in [0.15, 0.2) is 18.2 Å². The lowest BCUT2D eigenvalue weighted by molar-refractivity contribution is 0.309. The number of aromatic hydroxyl groups is 2. The second-order valence-electron chi connectivity index (χ2n) is 4.26. The highest BCUT2D eigenvalue weighted by atomic mass is 16.3. The highest BCUT2D eigenvalue weighted by Crippen LogP contribution is 2.29. The van der Waals surface area contributed by atoms with E-state index in [2.05, 4.69) is 5.32 Å². The van der Waals surface area contributed by atoms with E-state index >= 15 is 0 Å². The number of hydrogen-bond donors (Lipinski definition) is 3. The van der Waals surface area contributed by atoms with Crippen molar-refractivity contribution < 1.29 is 10.2 Å². The number of phenols is 2. The number of rotatable bonds is 3. The van der Waals surface area contributed by atoms with Gasteiger partial charge in [-0.15, -0.1) is 0 Å². The topological polar surface area (TPSA) is 52.5 Å². The summed E-state index contributed by atoms with van der Waals surface area (Å²) in [6.45, 7) is 2.03. The molecule has 3 heteroatoms. The molecule has 1 fully saturated rings. The van der Waals surface area contributed by atoms with Crippen molar-refractivity contribution >= 4 is 0 Å². The molecule has 0 heterocycles. The van der Waals surface area contributed by atoms with E-state index in [9.17, 15) is 10.2 Å². The van der Waals surface area contributed by atoms with Crippen LogP contribution >= 0.6 is 0 Å². The SMILES string of the molecule is CC(NC1CCC1)c1ccc(O)cc1O. The highest BCUT2D eigenvalue weighted by Gasteiger charge is 2.20. The fourth-order valence-electron chi connectivity index (χ4n) is 1.92. The molecular weight excluding hydrogens is 190 g/mol. The molecule has 1 aliphatic rings. The lowest BCUT2D eigenvalue weighted by Gasteiger charge is -2.30. The fourth-order valence-corrected chi connectivity index (χ4v) is 1.92. The van der Waals surface area contributed by atoms with Gasteiger partial charge >= 0.3 is 0 Å². The second-order valence-corrected chi connectivity index (χ2v) is 4.26. The van der Waals surface area contributed by atoms with Gasteiger partial charge in [-0.25, -0.2) is 0 Å². The first kappa shape index (κ1) is 10.3. The van der Waals surface area contributed by atoms with Gasteiger partial charge in [-0.05, 0) is 25.8 Å². The van der Waals surface area contributed by atoms with Crippen LogP contribution in [0.2, 0.25) is 0 Å². The van der Waals surface area contributed by atoms with Crippen LogP contribution in [0.3, 0.4) is 0 Å². The monoisotopic (exact) mass is 207 g/mol. The molecule has 3 N–H and O–H groups in total. The third-order valence-corrected chi connectivity index (χ3v) is 3.07. The van der Waals surface area contributed by atoms with Gasteiger partial charge in [0.05, 0.1) is 0 Å². The van der Waals surface area contributed by atoms with Gasteiger partial charge in [0.2, 0.25) is 0 Å². The maximum atomic E-state index is 9.67. The van der Waals surface area contributed by atoms with Crippen LogP contribution in [0.1, 0.15) is 37.8 Å². The van der Waals surface area contributed by atoms with E-state index in [1.807, 2.05) is 6.92 Å². The molecule has 1 aromatic rings. The minimum absolute atomic E-state index is 0.104. The summed E-state index contributed by atoms with van der Waals surface area (Å²) >= 11 is 0. The lowest BCUT2D eigenvalue weighted by atomic mass is 9.91. The molecule has 1 unspecified atom stereocenters. The first-order chi connectivity index (χ1) is 7.16.